The molecule has 0 saturated carbocycles. The first-order chi connectivity index (χ1) is 7.15. The number of fused-ring (bicyclic) bond motifs is 1. The van der Waals surface area contributed by atoms with Crippen LogP contribution in [0.1, 0.15) is 5.56 Å². The Morgan fingerprint density at radius 2 is 2.07 bits per heavy atom. The number of aromatic nitrogens is 1. The predicted octanol–water partition coefficient (Wildman–Crippen LogP) is 2.93. The number of rotatable bonds is 1. The van der Waals surface area contributed by atoms with E-state index in [9.17, 15) is 0 Å². The van der Waals surface area contributed by atoms with E-state index in [4.69, 9.17) is 5.73 Å². The van der Waals surface area contributed by atoms with Crippen LogP contribution in [0.4, 0.5) is 11.5 Å². The molecule has 0 aliphatic heterocycles. The Balaban J connectivity index is 2.99. The van der Waals surface area contributed by atoms with Crippen LogP contribution < -0.4 is 11.1 Å². The number of benzene rings is 1. The van der Waals surface area contributed by atoms with Crippen molar-refractivity contribution in [2.45, 2.75) is 6.92 Å². The second-order valence-corrected chi connectivity index (χ2v) is 4.28. The highest BCUT2D eigenvalue weighted by Gasteiger charge is 2.09. The third-order valence-corrected chi connectivity index (χ3v) is 3.07. The van der Waals surface area contributed by atoms with Crippen molar-refractivity contribution in [2.75, 3.05) is 18.1 Å². The first kappa shape index (κ1) is 10.2. The second kappa shape index (κ2) is 3.70. The number of anilines is 2. The summed E-state index contributed by atoms with van der Waals surface area (Å²) in [7, 11) is 1.86. The largest absolute Gasteiger partial charge is 0.398 e. The molecule has 0 radical (unpaired) electrons. The maximum Gasteiger partial charge on any atom is 0.133 e. The zero-order valence-corrected chi connectivity index (χ0v) is 10.2. The Kier molecular flexibility index (Phi) is 2.52. The first-order valence-electron chi connectivity index (χ1n) is 4.66. The van der Waals surface area contributed by atoms with Crippen LogP contribution in [0.15, 0.2) is 22.8 Å². The van der Waals surface area contributed by atoms with Gasteiger partial charge in [0.1, 0.15) is 5.82 Å². The highest BCUT2D eigenvalue weighted by atomic mass is 79.9. The minimum atomic E-state index is 0.765. The van der Waals surface area contributed by atoms with Crippen LogP contribution in [0, 0.1) is 6.92 Å². The number of hydrogen-bond donors (Lipinski definition) is 2. The van der Waals surface area contributed by atoms with E-state index >= 15 is 0 Å². The third kappa shape index (κ3) is 1.55. The van der Waals surface area contributed by atoms with Crippen molar-refractivity contribution in [3.8, 4) is 0 Å². The molecule has 0 bridgehead atoms. The van der Waals surface area contributed by atoms with Crippen molar-refractivity contribution in [3.63, 3.8) is 0 Å². The van der Waals surface area contributed by atoms with Crippen molar-refractivity contribution in [1.29, 1.82) is 0 Å². The van der Waals surface area contributed by atoms with Crippen LogP contribution in [0.3, 0.4) is 0 Å². The minimum Gasteiger partial charge on any atom is -0.398 e. The fourth-order valence-electron chi connectivity index (χ4n) is 1.73. The van der Waals surface area contributed by atoms with Crippen molar-refractivity contribution in [1.82, 2.24) is 4.98 Å². The summed E-state index contributed by atoms with van der Waals surface area (Å²) in [6.45, 7) is 2.05. The van der Waals surface area contributed by atoms with E-state index in [1.807, 2.05) is 19.2 Å². The van der Waals surface area contributed by atoms with Gasteiger partial charge in [-0.3, -0.25) is 0 Å². The van der Waals surface area contributed by atoms with Crippen molar-refractivity contribution in [2.24, 2.45) is 0 Å². The van der Waals surface area contributed by atoms with Gasteiger partial charge in [0.25, 0.3) is 0 Å². The summed E-state index contributed by atoms with van der Waals surface area (Å²) in [5.74, 6) is 0.859. The normalized spacial score (nSPS) is 10.6. The second-order valence-electron chi connectivity index (χ2n) is 3.43. The topological polar surface area (TPSA) is 50.9 Å². The summed E-state index contributed by atoms with van der Waals surface area (Å²) < 4.78 is 0.928. The standard InChI is InChI=1S/C11H12BrN3/c1-6-3-4-8(13)10-7(12)5-15-11(14-2)9(6)10/h3-5H,13H2,1-2H3,(H,14,15). The van der Waals surface area contributed by atoms with Crippen molar-refractivity contribution < 1.29 is 0 Å². The van der Waals surface area contributed by atoms with Gasteiger partial charge in [0.15, 0.2) is 0 Å². The number of nitrogens with one attached hydrogen (secondary N) is 1. The van der Waals surface area contributed by atoms with E-state index in [1.54, 1.807) is 6.20 Å². The summed E-state index contributed by atoms with van der Waals surface area (Å²) in [6, 6.07) is 3.93. The monoisotopic (exact) mass is 265 g/mol. The molecule has 2 aromatic rings. The number of hydrogen-bond acceptors (Lipinski definition) is 3. The quantitative estimate of drug-likeness (QED) is 0.780. The van der Waals surface area contributed by atoms with E-state index in [0.717, 1.165) is 32.3 Å². The molecule has 78 valence electrons. The number of nitrogens with two attached hydrogens (primary N) is 1. The molecular formula is C11H12BrN3. The molecule has 1 heterocycles. The van der Waals surface area contributed by atoms with Crippen molar-refractivity contribution in [3.05, 3.63) is 28.4 Å². The number of aryl methyl sites for hydroxylation is 1. The Bertz CT molecular complexity index is 514. The van der Waals surface area contributed by atoms with Gasteiger partial charge in [-0.1, -0.05) is 6.07 Å². The maximum absolute atomic E-state index is 5.96. The lowest BCUT2D eigenvalue weighted by Crippen LogP contribution is -1.97. The average Bonchev–Trinajstić information content (AvgIpc) is 2.23. The van der Waals surface area contributed by atoms with E-state index in [1.165, 1.54) is 0 Å². The van der Waals surface area contributed by atoms with Crippen LogP contribution in [-0.4, -0.2) is 12.0 Å². The molecule has 2 rings (SSSR count). The lowest BCUT2D eigenvalue weighted by molar-refractivity contribution is 1.30. The molecule has 0 spiro atoms. The molecule has 0 saturated heterocycles. The average molecular weight is 266 g/mol. The Morgan fingerprint density at radius 3 is 2.73 bits per heavy atom. The molecule has 0 amide bonds. The highest BCUT2D eigenvalue weighted by Crippen LogP contribution is 2.34. The van der Waals surface area contributed by atoms with Gasteiger partial charge in [-0.05, 0) is 34.5 Å². The van der Waals surface area contributed by atoms with Gasteiger partial charge in [0, 0.05) is 34.2 Å². The van der Waals surface area contributed by atoms with Crippen LogP contribution in [-0.2, 0) is 0 Å². The lowest BCUT2D eigenvalue weighted by atomic mass is 10.1. The molecular weight excluding hydrogens is 254 g/mol. The molecule has 15 heavy (non-hydrogen) atoms. The Morgan fingerprint density at radius 1 is 1.33 bits per heavy atom. The number of halogens is 1. The smallest absolute Gasteiger partial charge is 0.133 e. The minimum absolute atomic E-state index is 0.765. The van der Waals surface area contributed by atoms with Crippen LogP contribution in [0.2, 0.25) is 0 Å². The molecule has 0 aliphatic rings. The lowest BCUT2D eigenvalue weighted by Gasteiger charge is -2.11. The first-order valence-corrected chi connectivity index (χ1v) is 5.45. The van der Waals surface area contributed by atoms with Gasteiger partial charge in [-0.25, -0.2) is 4.98 Å². The number of nitrogens with zero attached hydrogens (tertiary/aromatic N) is 1. The zero-order valence-electron chi connectivity index (χ0n) is 8.63. The summed E-state index contributed by atoms with van der Waals surface area (Å²) in [5, 5.41) is 5.18. The Hall–Kier alpha value is -1.29. The molecule has 3 N–H and O–H groups in total. The van der Waals surface area contributed by atoms with Gasteiger partial charge in [-0.15, -0.1) is 0 Å². The molecule has 0 fully saturated rings. The van der Waals surface area contributed by atoms with E-state index in [2.05, 4.69) is 33.2 Å². The van der Waals surface area contributed by atoms with Crippen LogP contribution >= 0.6 is 15.9 Å². The molecule has 0 atom stereocenters. The van der Waals surface area contributed by atoms with Crippen molar-refractivity contribution >= 4 is 38.2 Å². The molecule has 0 aliphatic carbocycles. The molecule has 1 aromatic carbocycles. The zero-order chi connectivity index (χ0) is 11.0. The summed E-state index contributed by atoms with van der Waals surface area (Å²) in [6.07, 6.45) is 1.77. The summed E-state index contributed by atoms with van der Waals surface area (Å²) in [5.41, 5.74) is 7.89. The number of pyridine rings is 1. The van der Waals surface area contributed by atoms with E-state index in [-0.39, 0.29) is 0 Å². The highest BCUT2D eigenvalue weighted by molar-refractivity contribution is 9.10. The Labute approximate surface area is 96.8 Å². The summed E-state index contributed by atoms with van der Waals surface area (Å²) >= 11 is 3.47. The SMILES string of the molecule is CNc1ncc(Br)c2c(N)ccc(C)c12. The van der Waals surface area contributed by atoms with E-state index in [0.29, 0.717) is 0 Å². The molecule has 3 nitrogen and oxygen atoms in total. The molecule has 0 unspecified atom stereocenters. The van der Waals surface area contributed by atoms with Gasteiger partial charge in [-0.2, -0.15) is 0 Å². The van der Waals surface area contributed by atoms with Gasteiger partial charge in [0.05, 0.1) is 0 Å². The fourth-order valence-corrected chi connectivity index (χ4v) is 2.25. The van der Waals surface area contributed by atoms with Gasteiger partial charge in [0.2, 0.25) is 0 Å². The van der Waals surface area contributed by atoms with E-state index < -0.39 is 0 Å². The fraction of sp³-hybridized carbons (Fsp3) is 0.182. The van der Waals surface area contributed by atoms with Gasteiger partial charge >= 0.3 is 0 Å². The summed E-state index contributed by atoms with van der Waals surface area (Å²) in [4.78, 5) is 4.31. The van der Waals surface area contributed by atoms with Crippen LogP contribution in [0.5, 0.6) is 0 Å². The third-order valence-electron chi connectivity index (χ3n) is 2.47. The number of nitrogen functional groups attached to an aromatic ring is 1. The maximum atomic E-state index is 5.96. The molecule has 1 aromatic heterocycles. The molecule has 4 heteroatoms. The van der Waals surface area contributed by atoms with Gasteiger partial charge < -0.3 is 11.1 Å². The van der Waals surface area contributed by atoms with Crippen LogP contribution in [0.25, 0.3) is 10.8 Å². The predicted molar refractivity (Wildman–Crippen MR) is 68.1 cm³/mol.